The molecular formula is C29H33FN4O5. The molecule has 2 saturated heterocycles. The number of phenolic OH excluding ortho intramolecular Hbond substituents is 1. The molecule has 0 radical (unpaired) electrons. The van der Waals surface area contributed by atoms with Gasteiger partial charge in [-0.05, 0) is 55.3 Å². The van der Waals surface area contributed by atoms with Crippen molar-refractivity contribution in [2.75, 3.05) is 49.1 Å². The number of benzene rings is 2. The minimum atomic E-state index is -0.575. The molecule has 0 saturated carbocycles. The van der Waals surface area contributed by atoms with Crippen LogP contribution in [-0.2, 0) is 14.3 Å². The number of rotatable bonds is 8. The van der Waals surface area contributed by atoms with Gasteiger partial charge < -0.3 is 25.0 Å². The second-order valence-corrected chi connectivity index (χ2v) is 9.61. The van der Waals surface area contributed by atoms with E-state index in [-0.39, 0.29) is 30.7 Å². The summed E-state index contributed by atoms with van der Waals surface area (Å²) in [6, 6.07) is 11.4. The fraction of sp³-hybridized carbons (Fsp3) is 0.414. The number of carbonyl (C=O) groups excluding carboxylic acids is 3. The van der Waals surface area contributed by atoms with Crippen molar-refractivity contribution in [1.29, 1.82) is 0 Å². The van der Waals surface area contributed by atoms with Gasteiger partial charge in [0.15, 0.2) is 0 Å². The van der Waals surface area contributed by atoms with Crippen LogP contribution in [0.15, 0.2) is 42.5 Å². The van der Waals surface area contributed by atoms with E-state index >= 15 is 4.39 Å². The molecule has 9 nitrogen and oxygen atoms in total. The number of unbranched alkanes of at least 4 members (excludes halogenated alkanes) is 2. The Morgan fingerprint density at radius 1 is 1.10 bits per heavy atom. The van der Waals surface area contributed by atoms with Gasteiger partial charge in [0.1, 0.15) is 17.7 Å². The van der Waals surface area contributed by atoms with Gasteiger partial charge in [-0.25, -0.2) is 9.18 Å². The average molecular weight is 537 g/mol. The lowest BCUT2D eigenvalue weighted by molar-refractivity contribution is -0.131. The summed E-state index contributed by atoms with van der Waals surface area (Å²) < 4.78 is 20.3. The first-order valence-corrected chi connectivity index (χ1v) is 13.1. The lowest BCUT2D eigenvalue weighted by Gasteiger charge is -2.36. The van der Waals surface area contributed by atoms with Crippen LogP contribution in [0.2, 0.25) is 0 Å². The fourth-order valence-corrected chi connectivity index (χ4v) is 4.57. The third-order valence-corrected chi connectivity index (χ3v) is 6.71. The Kier molecular flexibility index (Phi) is 9.26. The van der Waals surface area contributed by atoms with Crippen LogP contribution in [0.5, 0.6) is 5.75 Å². The highest BCUT2D eigenvalue weighted by Gasteiger charge is 2.33. The minimum absolute atomic E-state index is 0.0957. The molecule has 0 bridgehead atoms. The van der Waals surface area contributed by atoms with E-state index in [1.807, 2.05) is 9.80 Å². The monoisotopic (exact) mass is 536 g/mol. The van der Waals surface area contributed by atoms with E-state index in [0.717, 1.165) is 18.4 Å². The van der Waals surface area contributed by atoms with E-state index in [2.05, 4.69) is 17.2 Å². The standard InChI is InChI=1S/C29H33FN4O5/c1-21(35)31-19-25-20-34(29(38)39-25)23-10-13-27(26(30)18-23)32-14-16-33(17-15-32)28(37)7-5-3-2-4-6-22-8-11-24(36)12-9-22/h8-13,18,25,36H,2-3,5,7,14-17,19-20H2,1H3,(H,31,35)/t25-/m0/s1. The Hall–Kier alpha value is -4.26. The first-order valence-electron chi connectivity index (χ1n) is 13.1. The maximum Gasteiger partial charge on any atom is 0.414 e. The van der Waals surface area contributed by atoms with Crippen molar-refractivity contribution in [2.24, 2.45) is 0 Å². The van der Waals surface area contributed by atoms with Gasteiger partial charge in [0.05, 0.1) is 24.5 Å². The zero-order valence-electron chi connectivity index (χ0n) is 22.0. The summed E-state index contributed by atoms with van der Waals surface area (Å²) in [6.45, 7) is 3.89. The van der Waals surface area contributed by atoms with E-state index in [9.17, 15) is 19.5 Å². The maximum absolute atomic E-state index is 15.0. The van der Waals surface area contributed by atoms with Crippen LogP contribution < -0.4 is 15.1 Å². The van der Waals surface area contributed by atoms with Gasteiger partial charge in [0.25, 0.3) is 0 Å². The maximum atomic E-state index is 15.0. The fourth-order valence-electron chi connectivity index (χ4n) is 4.57. The highest BCUT2D eigenvalue weighted by Crippen LogP contribution is 2.28. The summed E-state index contributed by atoms with van der Waals surface area (Å²) in [4.78, 5) is 41.0. The number of anilines is 2. The van der Waals surface area contributed by atoms with Gasteiger partial charge in [-0.3, -0.25) is 14.5 Å². The number of hydrogen-bond acceptors (Lipinski definition) is 6. The number of amides is 3. The average Bonchev–Trinajstić information content (AvgIpc) is 3.30. The number of cyclic esters (lactones) is 1. The van der Waals surface area contributed by atoms with Crippen LogP contribution in [0, 0.1) is 17.7 Å². The predicted molar refractivity (Wildman–Crippen MR) is 145 cm³/mol. The summed E-state index contributed by atoms with van der Waals surface area (Å²) in [7, 11) is 0. The molecular weight excluding hydrogens is 503 g/mol. The van der Waals surface area contributed by atoms with Crippen LogP contribution in [-0.4, -0.2) is 73.3 Å². The third-order valence-electron chi connectivity index (χ3n) is 6.71. The zero-order chi connectivity index (χ0) is 27.8. The molecule has 2 aliphatic heterocycles. The number of halogens is 1. The van der Waals surface area contributed by atoms with Gasteiger partial charge in [0, 0.05) is 51.5 Å². The van der Waals surface area contributed by atoms with Crippen molar-refractivity contribution in [3.8, 4) is 17.6 Å². The highest BCUT2D eigenvalue weighted by atomic mass is 19.1. The van der Waals surface area contributed by atoms with Gasteiger partial charge in [-0.15, -0.1) is 0 Å². The largest absolute Gasteiger partial charge is 0.508 e. The van der Waals surface area contributed by atoms with Crippen molar-refractivity contribution in [3.05, 3.63) is 53.8 Å². The minimum Gasteiger partial charge on any atom is -0.508 e. The molecule has 2 fully saturated rings. The predicted octanol–water partition coefficient (Wildman–Crippen LogP) is 3.25. The molecule has 1 atom stereocenters. The molecule has 4 rings (SSSR count). The topological polar surface area (TPSA) is 102 Å². The number of hydrogen-bond donors (Lipinski definition) is 2. The van der Waals surface area contributed by atoms with Crippen molar-refractivity contribution >= 4 is 29.3 Å². The van der Waals surface area contributed by atoms with Gasteiger partial charge >= 0.3 is 6.09 Å². The van der Waals surface area contributed by atoms with Gasteiger partial charge in [0.2, 0.25) is 11.8 Å². The Morgan fingerprint density at radius 3 is 2.54 bits per heavy atom. The van der Waals surface area contributed by atoms with Crippen LogP contribution in [0.3, 0.4) is 0 Å². The van der Waals surface area contributed by atoms with Crippen LogP contribution in [0.25, 0.3) is 0 Å². The summed E-state index contributed by atoms with van der Waals surface area (Å²) in [5.74, 6) is 5.79. The summed E-state index contributed by atoms with van der Waals surface area (Å²) >= 11 is 0. The third kappa shape index (κ3) is 7.63. The van der Waals surface area contributed by atoms with Gasteiger partial charge in [-0.1, -0.05) is 11.8 Å². The van der Waals surface area contributed by atoms with Crippen molar-refractivity contribution in [3.63, 3.8) is 0 Å². The Bertz CT molecular complexity index is 1250. The number of phenols is 1. The number of carbonyl (C=O) groups is 3. The molecule has 2 aliphatic rings. The van der Waals surface area contributed by atoms with Crippen molar-refractivity contribution in [2.45, 2.75) is 38.7 Å². The Balaban J connectivity index is 1.20. The molecule has 2 aromatic rings. The summed E-state index contributed by atoms with van der Waals surface area (Å²) in [5, 5.41) is 11.9. The van der Waals surface area contributed by atoms with E-state index < -0.39 is 18.0 Å². The molecule has 3 amide bonds. The van der Waals surface area contributed by atoms with Crippen LogP contribution in [0.1, 0.15) is 38.2 Å². The second-order valence-electron chi connectivity index (χ2n) is 9.61. The molecule has 206 valence electrons. The zero-order valence-corrected chi connectivity index (χ0v) is 22.0. The second kappa shape index (κ2) is 13.0. The van der Waals surface area contributed by atoms with E-state index in [4.69, 9.17) is 4.74 Å². The normalized spacial score (nSPS) is 16.9. The van der Waals surface area contributed by atoms with Crippen LogP contribution in [0.4, 0.5) is 20.6 Å². The number of nitrogens with one attached hydrogen (secondary N) is 1. The van der Waals surface area contributed by atoms with E-state index in [0.29, 0.717) is 50.4 Å². The molecule has 0 aliphatic carbocycles. The Morgan fingerprint density at radius 2 is 1.85 bits per heavy atom. The van der Waals surface area contributed by atoms with Gasteiger partial charge in [-0.2, -0.15) is 0 Å². The molecule has 0 aromatic heterocycles. The highest BCUT2D eigenvalue weighted by molar-refractivity contribution is 5.90. The molecule has 2 heterocycles. The molecule has 2 aromatic carbocycles. The van der Waals surface area contributed by atoms with E-state index in [1.165, 1.54) is 17.9 Å². The molecule has 39 heavy (non-hydrogen) atoms. The smallest absolute Gasteiger partial charge is 0.414 e. The number of nitrogens with zero attached hydrogens (tertiary/aromatic N) is 3. The summed E-state index contributed by atoms with van der Waals surface area (Å²) in [5.41, 5.74) is 1.67. The quantitative estimate of drug-likeness (QED) is 0.397. The van der Waals surface area contributed by atoms with E-state index in [1.54, 1.807) is 36.4 Å². The lowest BCUT2D eigenvalue weighted by atomic mass is 10.1. The number of ether oxygens (including phenoxy) is 1. The molecule has 2 N–H and O–H groups in total. The molecule has 10 heteroatoms. The van der Waals surface area contributed by atoms with Crippen LogP contribution >= 0.6 is 0 Å². The molecule has 0 unspecified atom stereocenters. The number of piperazine rings is 1. The lowest BCUT2D eigenvalue weighted by Crippen LogP contribution is -2.49. The first-order chi connectivity index (χ1) is 18.8. The number of aromatic hydroxyl groups is 1. The molecule has 0 spiro atoms. The van der Waals surface area contributed by atoms with Crippen molar-refractivity contribution in [1.82, 2.24) is 10.2 Å². The Labute approximate surface area is 227 Å². The first kappa shape index (κ1) is 27.8. The van der Waals surface area contributed by atoms with Crippen molar-refractivity contribution < 1.29 is 28.6 Å². The SMILES string of the molecule is CC(=O)NC[C@H]1CN(c2ccc(N3CCN(C(=O)CCCCC#Cc4ccc(O)cc4)CC3)c(F)c2)C(=O)O1. The summed E-state index contributed by atoms with van der Waals surface area (Å²) in [6.07, 6.45) is 1.67.